The van der Waals surface area contributed by atoms with Crippen molar-refractivity contribution in [3.63, 3.8) is 0 Å². The van der Waals surface area contributed by atoms with Crippen molar-refractivity contribution in [2.75, 3.05) is 0 Å². The second-order valence-corrected chi connectivity index (χ2v) is 14.3. The van der Waals surface area contributed by atoms with Gasteiger partial charge in [-0.1, -0.05) is 178 Å². The number of rotatable bonds is 11. The van der Waals surface area contributed by atoms with Gasteiger partial charge in [-0.3, -0.25) is 9.98 Å². The summed E-state index contributed by atoms with van der Waals surface area (Å²) < 4.78 is 15.6. The second kappa shape index (κ2) is 18.3. The molecule has 0 fully saturated rings. The first kappa shape index (κ1) is 39.8. The van der Waals surface area contributed by atoms with E-state index >= 15 is 0 Å². The first-order valence-corrected chi connectivity index (χ1v) is 20.2. The van der Waals surface area contributed by atoms with Crippen LogP contribution in [-0.2, 0) is 6.54 Å². The number of aromatic nitrogens is 1. The van der Waals surface area contributed by atoms with Crippen LogP contribution in [0.3, 0.4) is 0 Å². The van der Waals surface area contributed by atoms with Crippen LogP contribution in [0.1, 0.15) is 18.1 Å². The van der Waals surface area contributed by atoms with Gasteiger partial charge in [0.15, 0.2) is 23.0 Å². The van der Waals surface area contributed by atoms with Crippen LogP contribution in [0.25, 0.3) is 49.4 Å². The normalized spacial score (nSPS) is 12.5. The molecule has 1 aromatic heterocycles. The molecule has 0 aliphatic carbocycles. The summed E-state index contributed by atoms with van der Waals surface area (Å²) in [7, 11) is 0. The molecule has 5 heteroatoms. The number of fused-ring (bicyclic) bond motifs is 9. The average molecular weight is 792 g/mol. The number of ether oxygens (including phenoxy) is 2. The molecule has 0 unspecified atom stereocenters. The molecular weight excluding hydrogens is 747 g/mol. The quantitative estimate of drug-likeness (QED) is 0.0967. The number of nitrogens with zero attached hydrogens (tertiary/aromatic N) is 3. The summed E-state index contributed by atoms with van der Waals surface area (Å²) in [6, 6.07) is 52.3. The molecule has 0 spiro atoms. The molecule has 0 radical (unpaired) electrons. The van der Waals surface area contributed by atoms with E-state index in [1.54, 1.807) is 18.2 Å². The third kappa shape index (κ3) is 8.05. The molecule has 0 saturated carbocycles. The minimum Gasteiger partial charge on any atom is -0.449 e. The molecule has 0 saturated heterocycles. The molecule has 8 aromatic rings. The summed E-state index contributed by atoms with van der Waals surface area (Å²) in [5.74, 6) is 2.86. The Balaban J connectivity index is 0.00000123. The topological polar surface area (TPSA) is 48.1 Å². The summed E-state index contributed by atoms with van der Waals surface area (Å²) in [6.45, 7) is 17.0. The zero-order valence-corrected chi connectivity index (χ0v) is 34.2. The van der Waals surface area contributed by atoms with Crippen molar-refractivity contribution in [2.45, 2.75) is 13.5 Å². The number of benzene rings is 7. The minimum absolute atomic E-state index is 0.509. The van der Waals surface area contributed by atoms with Crippen LogP contribution in [0.5, 0.6) is 23.0 Å². The van der Waals surface area contributed by atoms with Crippen LogP contribution in [-0.4, -0.2) is 17.0 Å². The first-order valence-electron chi connectivity index (χ1n) is 20.2. The monoisotopic (exact) mass is 791 g/mol. The summed E-state index contributed by atoms with van der Waals surface area (Å²) in [5.41, 5.74) is 9.88. The second-order valence-electron chi connectivity index (χ2n) is 14.3. The fourth-order valence-corrected chi connectivity index (χ4v) is 7.58. The maximum Gasteiger partial charge on any atom is 0.195 e. The fraction of sp³-hybridized carbons (Fsp3) is 0.0357. The molecule has 9 rings (SSSR count). The third-order valence-electron chi connectivity index (χ3n) is 10.5. The summed E-state index contributed by atoms with van der Waals surface area (Å²) in [4.78, 5) is 9.37. The SMILES string of the molecule is C=CC(=C\C=C/C)/C(=C/C(=NCc1ccc(-c2ccc(-n3c4ccccc4c4c5ccccc5c5c(c43)Oc3ccccc3O5)cc2)cc1)c1ccccc1)N=C.C=CC=C. The lowest BCUT2D eigenvalue weighted by Gasteiger charge is -2.24. The Morgan fingerprint density at radius 1 is 0.639 bits per heavy atom. The van der Waals surface area contributed by atoms with Crippen LogP contribution < -0.4 is 9.47 Å². The Bertz CT molecular complexity index is 3050. The minimum atomic E-state index is 0.509. The molecule has 7 aromatic carbocycles. The lowest BCUT2D eigenvalue weighted by atomic mass is 10.0. The van der Waals surface area contributed by atoms with E-state index in [1.165, 1.54) is 0 Å². The molecule has 296 valence electrons. The van der Waals surface area contributed by atoms with Crippen molar-refractivity contribution in [3.8, 4) is 39.8 Å². The van der Waals surface area contributed by atoms with Gasteiger partial charge in [-0.15, -0.1) is 0 Å². The van der Waals surface area contributed by atoms with Crippen molar-refractivity contribution in [2.24, 2.45) is 9.98 Å². The van der Waals surface area contributed by atoms with E-state index < -0.39 is 0 Å². The predicted molar refractivity (Wildman–Crippen MR) is 258 cm³/mol. The molecule has 0 N–H and O–H groups in total. The van der Waals surface area contributed by atoms with Crippen LogP contribution >= 0.6 is 0 Å². The van der Waals surface area contributed by atoms with Crippen molar-refractivity contribution in [1.82, 2.24) is 4.57 Å². The van der Waals surface area contributed by atoms with E-state index in [4.69, 9.17) is 14.5 Å². The van der Waals surface area contributed by atoms with E-state index in [1.807, 2.05) is 73.7 Å². The van der Waals surface area contributed by atoms with Gasteiger partial charge < -0.3 is 14.0 Å². The van der Waals surface area contributed by atoms with Gasteiger partial charge in [0.05, 0.1) is 23.5 Å². The molecule has 0 bridgehead atoms. The predicted octanol–water partition coefficient (Wildman–Crippen LogP) is 15.1. The first-order chi connectivity index (χ1) is 30.1. The smallest absolute Gasteiger partial charge is 0.195 e. The fourth-order valence-electron chi connectivity index (χ4n) is 7.58. The molecule has 61 heavy (non-hydrogen) atoms. The Hall–Kier alpha value is -8.02. The Morgan fingerprint density at radius 2 is 1.23 bits per heavy atom. The molecule has 1 aliphatic heterocycles. The van der Waals surface area contributed by atoms with E-state index in [9.17, 15) is 0 Å². The van der Waals surface area contributed by atoms with E-state index in [0.29, 0.717) is 23.7 Å². The van der Waals surface area contributed by atoms with Crippen LogP contribution in [0.4, 0.5) is 0 Å². The van der Waals surface area contributed by atoms with Crippen LogP contribution in [0.2, 0.25) is 0 Å². The zero-order valence-electron chi connectivity index (χ0n) is 34.2. The number of hydrogen-bond donors (Lipinski definition) is 0. The summed E-state index contributed by atoms with van der Waals surface area (Å²) in [5, 5.41) is 4.44. The van der Waals surface area contributed by atoms with Gasteiger partial charge in [0.2, 0.25) is 0 Å². The third-order valence-corrected chi connectivity index (χ3v) is 10.5. The molecule has 5 nitrogen and oxygen atoms in total. The van der Waals surface area contributed by atoms with Crippen molar-refractivity contribution < 1.29 is 9.47 Å². The summed E-state index contributed by atoms with van der Waals surface area (Å²) >= 11 is 0. The maximum absolute atomic E-state index is 6.73. The lowest BCUT2D eigenvalue weighted by molar-refractivity contribution is 0.366. The lowest BCUT2D eigenvalue weighted by Crippen LogP contribution is -2.03. The maximum atomic E-state index is 6.73. The van der Waals surface area contributed by atoms with Crippen molar-refractivity contribution >= 4 is 45.0 Å². The standard InChI is InChI=1S/C52H39N3O2.C4H6/c1-4-6-16-36(5-2)44(53-3)33-45(39-17-8-7-9-18-39)54-34-35-25-27-37(28-26-35)38-29-31-40(32-30-38)55-46-22-13-12-21-43(46)49-41-19-10-11-20-42(41)51-52(50(49)55)57-48-24-15-14-23-47(48)56-51;1-3-4-2/h4-33H,2-3,34H2,1H3;3-4H,1-2H2/b6-4-,36-16+,44-33-,54-45?;. The van der Waals surface area contributed by atoms with Crippen molar-refractivity contribution in [3.05, 3.63) is 236 Å². The highest BCUT2D eigenvalue weighted by Gasteiger charge is 2.29. The Kier molecular flexibility index (Phi) is 11.9. The van der Waals surface area contributed by atoms with Gasteiger partial charge >= 0.3 is 0 Å². The Labute approximate surface area is 357 Å². The molecule has 2 heterocycles. The highest BCUT2D eigenvalue weighted by atomic mass is 16.6. The van der Waals surface area contributed by atoms with E-state index in [2.05, 4.69) is 145 Å². The van der Waals surface area contributed by atoms with Gasteiger partial charge in [-0.05, 0) is 83.3 Å². The van der Waals surface area contributed by atoms with Crippen molar-refractivity contribution in [1.29, 1.82) is 0 Å². The van der Waals surface area contributed by atoms with Gasteiger partial charge in [0.25, 0.3) is 0 Å². The highest BCUT2D eigenvalue weighted by Crippen LogP contribution is 2.54. The molecule has 0 amide bonds. The highest BCUT2D eigenvalue weighted by molar-refractivity contribution is 6.25. The Morgan fingerprint density at radius 3 is 1.87 bits per heavy atom. The number of aliphatic imine (C=N–C) groups is 2. The molecular formula is C56H45N3O2. The average Bonchev–Trinajstić information content (AvgIpc) is 3.68. The molecule has 1 aliphatic rings. The van der Waals surface area contributed by atoms with E-state index in [0.717, 1.165) is 83.3 Å². The van der Waals surface area contributed by atoms with Gasteiger partial charge in [-0.2, -0.15) is 0 Å². The van der Waals surface area contributed by atoms with Crippen LogP contribution in [0, 0.1) is 0 Å². The number of allylic oxidation sites excluding steroid dienone is 7. The largest absolute Gasteiger partial charge is 0.449 e. The molecule has 0 atom stereocenters. The zero-order chi connectivity index (χ0) is 42.1. The van der Waals surface area contributed by atoms with Gasteiger partial charge in [0.1, 0.15) is 5.52 Å². The summed E-state index contributed by atoms with van der Waals surface area (Å²) in [6.07, 6.45) is 12.9. The van der Waals surface area contributed by atoms with Crippen LogP contribution in [0.15, 0.2) is 235 Å². The van der Waals surface area contributed by atoms with Gasteiger partial charge in [0, 0.05) is 21.8 Å². The van der Waals surface area contributed by atoms with Gasteiger partial charge in [-0.25, -0.2) is 0 Å². The number of hydrogen-bond acceptors (Lipinski definition) is 4. The van der Waals surface area contributed by atoms with E-state index in [-0.39, 0.29) is 0 Å². The number of para-hydroxylation sites is 3.